The molecule has 1 fully saturated rings. The lowest BCUT2D eigenvalue weighted by Crippen LogP contribution is -2.46. The molecule has 0 aromatic heterocycles. The molecule has 0 N–H and O–H groups in total. The molecule has 1 heterocycles. The molecule has 0 radical (unpaired) electrons. The van der Waals surface area contributed by atoms with Crippen LogP contribution in [-0.4, -0.2) is 52.6 Å². The van der Waals surface area contributed by atoms with Gasteiger partial charge in [0.1, 0.15) is 0 Å². The standard InChI is InChI=1S/C13H20N2O3S/c16-19(17)18-12-4-7-14-8-10-15(11-9-14)13-5-2-1-3-6-13/h1-3,5-6,19H,4,7-12H2. The predicted molar refractivity (Wildman–Crippen MR) is 76.0 cm³/mol. The van der Waals surface area contributed by atoms with E-state index >= 15 is 0 Å². The molecule has 0 unspecified atom stereocenters. The van der Waals surface area contributed by atoms with Gasteiger partial charge in [-0.1, -0.05) is 18.2 Å². The molecule has 0 spiro atoms. The summed E-state index contributed by atoms with van der Waals surface area (Å²) in [5.41, 5.74) is 1.27. The Bertz CT molecular complexity index is 434. The number of hydrogen-bond donors (Lipinski definition) is 1. The van der Waals surface area contributed by atoms with Gasteiger partial charge >= 0.3 is 0 Å². The lowest BCUT2D eigenvalue weighted by Gasteiger charge is -2.36. The normalized spacial score (nSPS) is 17.0. The highest BCUT2D eigenvalue weighted by Crippen LogP contribution is 2.15. The molecule has 0 bridgehead atoms. The number of piperazine rings is 1. The maximum atomic E-state index is 10.2. The van der Waals surface area contributed by atoms with E-state index in [1.165, 1.54) is 5.69 Å². The van der Waals surface area contributed by atoms with Gasteiger partial charge in [-0.05, 0) is 18.6 Å². The molecule has 0 aliphatic carbocycles. The molecule has 1 aliphatic heterocycles. The van der Waals surface area contributed by atoms with E-state index in [9.17, 15) is 8.42 Å². The van der Waals surface area contributed by atoms with Crippen LogP contribution in [0.3, 0.4) is 0 Å². The predicted octanol–water partition coefficient (Wildman–Crippen LogP) is 0.742. The highest BCUT2D eigenvalue weighted by Gasteiger charge is 2.16. The molecule has 6 heteroatoms. The van der Waals surface area contributed by atoms with Crippen LogP contribution in [-0.2, 0) is 15.2 Å². The van der Waals surface area contributed by atoms with Gasteiger partial charge in [-0.3, -0.25) is 9.08 Å². The van der Waals surface area contributed by atoms with E-state index in [1.807, 2.05) is 6.07 Å². The van der Waals surface area contributed by atoms with Crippen molar-refractivity contribution < 1.29 is 12.6 Å². The van der Waals surface area contributed by atoms with Crippen molar-refractivity contribution in [2.75, 3.05) is 44.2 Å². The minimum atomic E-state index is -2.69. The third-order valence-electron chi connectivity index (χ3n) is 3.31. The first kappa shape index (κ1) is 14.3. The zero-order chi connectivity index (χ0) is 13.5. The molecule has 1 aromatic rings. The monoisotopic (exact) mass is 284 g/mol. The summed E-state index contributed by atoms with van der Waals surface area (Å²) >= 11 is 0. The van der Waals surface area contributed by atoms with Crippen LogP contribution in [0.15, 0.2) is 30.3 Å². The highest BCUT2D eigenvalue weighted by atomic mass is 32.2. The third-order valence-corrected chi connectivity index (χ3v) is 3.70. The maximum Gasteiger partial charge on any atom is 0.257 e. The topological polar surface area (TPSA) is 49.9 Å². The zero-order valence-electron chi connectivity index (χ0n) is 10.9. The Morgan fingerprint density at radius 3 is 2.37 bits per heavy atom. The fourth-order valence-corrected chi connectivity index (χ4v) is 2.57. The second-order valence-electron chi connectivity index (χ2n) is 4.57. The molecular weight excluding hydrogens is 264 g/mol. The van der Waals surface area contributed by atoms with E-state index in [0.29, 0.717) is 0 Å². The SMILES string of the molecule is O=[SH](=O)OCCCN1CCN(c2ccccc2)CC1. The van der Waals surface area contributed by atoms with Crippen molar-refractivity contribution in [2.45, 2.75) is 6.42 Å². The molecule has 0 atom stereocenters. The number of benzene rings is 1. The lowest BCUT2D eigenvalue weighted by atomic mass is 10.2. The van der Waals surface area contributed by atoms with E-state index in [0.717, 1.165) is 39.1 Å². The molecule has 5 nitrogen and oxygen atoms in total. The average Bonchev–Trinajstić information content (AvgIpc) is 2.45. The van der Waals surface area contributed by atoms with Crippen molar-refractivity contribution in [2.24, 2.45) is 0 Å². The van der Waals surface area contributed by atoms with Gasteiger partial charge in [0, 0.05) is 38.4 Å². The second-order valence-corrected chi connectivity index (χ2v) is 5.28. The minimum Gasteiger partial charge on any atom is -0.369 e. The molecule has 0 amide bonds. The van der Waals surface area contributed by atoms with Crippen molar-refractivity contribution in [3.05, 3.63) is 30.3 Å². The van der Waals surface area contributed by atoms with Gasteiger partial charge in [-0.2, -0.15) is 0 Å². The molecule has 2 rings (SSSR count). The smallest absolute Gasteiger partial charge is 0.257 e. The Labute approximate surface area is 115 Å². The number of thiol groups is 1. The van der Waals surface area contributed by atoms with Crippen molar-refractivity contribution in [3.63, 3.8) is 0 Å². The Balaban J connectivity index is 1.68. The van der Waals surface area contributed by atoms with E-state index in [1.54, 1.807) is 0 Å². The summed E-state index contributed by atoms with van der Waals surface area (Å²) in [7, 11) is -2.69. The highest BCUT2D eigenvalue weighted by molar-refractivity contribution is 7.67. The fraction of sp³-hybridized carbons (Fsp3) is 0.538. The molecule has 0 saturated carbocycles. The van der Waals surface area contributed by atoms with Crippen LogP contribution in [0.1, 0.15) is 6.42 Å². The van der Waals surface area contributed by atoms with Gasteiger partial charge in [0.25, 0.3) is 11.0 Å². The molecular formula is C13H20N2O3S. The number of para-hydroxylation sites is 1. The van der Waals surface area contributed by atoms with E-state index in [-0.39, 0.29) is 6.61 Å². The summed E-state index contributed by atoms with van der Waals surface area (Å²) in [5.74, 6) is 0. The maximum absolute atomic E-state index is 10.2. The summed E-state index contributed by atoms with van der Waals surface area (Å²) < 4.78 is 25.0. The Morgan fingerprint density at radius 1 is 1.05 bits per heavy atom. The number of hydrogen-bond acceptors (Lipinski definition) is 5. The summed E-state index contributed by atoms with van der Waals surface area (Å²) in [6, 6.07) is 10.4. The largest absolute Gasteiger partial charge is 0.369 e. The Kier molecular flexibility index (Phi) is 5.62. The van der Waals surface area contributed by atoms with Crippen molar-refractivity contribution in [1.82, 2.24) is 4.90 Å². The molecule has 1 aliphatic rings. The van der Waals surface area contributed by atoms with Crippen molar-refractivity contribution in [1.29, 1.82) is 0 Å². The van der Waals surface area contributed by atoms with Crippen LogP contribution in [0.2, 0.25) is 0 Å². The first-order valence-corrected chi connectivity index (χ1v) is 7.65. The van der Waals surface area contributed by atoms with Gasteiger partial charge in [0.05, 0.1) is 6.61 Å². The van der Waals surface area contributed by atoms with Gasteiger partial charge in [-0.15, -0.1) is 0 Å². The number of rotatable bonds is 6. The molecule has 106 valence electrons. The lowest BCUT2D eigenvalue weighted by molar-refractivity contribution is 0.229. The van der Waals surface area contributed by atoms with E-state index in [4.69, 9.17) is 0 Å². The summed E-state index contributed by atoms with van der Waals surface area (Å²) in [6.07, 6.45) is 0.759. The van der Waals surface area contributed by atoms with Gasteiger partial charge in [-0.25, -0.2) is 8.42 Å². The second kappa shape index (κ2) is 7.47. The summed E-state index contributed by atoms with van der Waals surface area (Å²) in [5, 5.41) is 0. The van der Waals surface area contributed by atoms with Crippen molar-refractivity contribution >= 4 is 16.7 Å². The molecule has 1 saturated heterocycles. The van der Waals surface area contributed by atoms with Crippen LogP contribution in [0.4, 0.5) is 5.69 Å². The molecule has 1 aromatic carbocycles. The van der Waals surface area contributed by atoms with Crippen LogP contribution < -0.4 is 4.90 Å². The van der Waals surface area contributed by atoms with Gasteiger partial charge < -0.3 is 4.90 Å². The summed E-state index contributed by atoms with van der Waals surface area (Å²) in [4.78, 5) is 4.72. The quantitative estimate of drug-likeness (QED) is 0.617. The van der Waals surface area contributed by atoms with E-state index in [2.05, 4.69) is 38.2 Å². The number of anilines is 1. The third kappa shape index (κ3) is 4.81. The van der Waals surface area contributed by atoms with Gasteiger partial charge in [0.15, 0.2) is 0 Å². The molecule has 19 heavy (non-hydrogen) atoms. The van der Waals surface area contributed by atoms with Crippen LogP contribution in [0.5, 0.6) is 0 Å². The summed E-state index contributed by atoms with van der Waals surface area (Å²) in [6.45, 7) is 5.24. The minimum absolute atomic E-state index is 0.289. The first-order valence-electron chi connectivity index (χ1n) is 6.55. The van der Waals surface area contributed by atoms with Crippen LogP contribution >= 0.6 is 0 Å². The van der Waals surface area contributed by atoms with Crippen LogP contribution in [0.25, 0.3) is 0 Å². The van der Waals surface area contributed by atoms with E-state index < -0.39 is 11.0 Å². The Morgan fingerprint density at radius 2 is 1.74 bits per heavy atom. The average molecular weight is 284 g/mol. The van der Waals surface area contributed by atoms with Gasteiger partial charge in [0.2, 0.25) is 0 Å². The fourth-order valence-electron chi connectivity index (χ4n) is 2.30. The zero-order valence-corrected chi connectivity index (χ0v) is 11.8. The van der Waals surface area contributed by atoms with Crippen LogP contribution in [0, 0.1) is 0 Å². The first-order chi connectivity index (χ1) is 9.25. The number of nitrogens with zero attached hydrogens (tertiary/aromatic N) is 2. The Hall–Kier alpha value is -1.11. The van der Waals surface area contributed by atoms with Crippen molar-refractivity contribution in [3.8, 4) is 0 Å².